The first-order valence-electron chi connectivity index (χ1n) is 6.26. The highest BCUT2D eigenvalue weighted by molar-refractivity contribution is 7.89. The third-order valence-corrected chi connectivity index (χ3v) is 5.22. The summed E-state index contributed by atoms with van der Waals surface area (Å²) in [5.74, 6) is 5.27. The van der Waals surface area contributed by atoms with Crippen LogP contribution in [0.25, 0.3) is 0 Å². The summed E-state index contributed by atoms with van der Waals surface area (Å²) in [4.78, 5) is 0.319. The monoisotopic (exact) mass is 279 g/mol. The molecule has 0 spiro atoms. The van der Waals surface area contributed by atoms with E-state index < -0.39 is 10.0 Å². The first kappa shape index (κ1) is 14.1. The quantitative estimate of drug-likeness (QED) is 0.825. The highest BCUT2D eigenvalue weighted by Gasteiger charge is 2.28. The Morgan fingerprint density at radius 2 is 2.00 bits per heavy atom. The second kappa shape index (κ2) is 5.74. The predicted molar refractivity (Wildman–Crippen MR) is 73.1 cm³/mol. The molecule has 0 aliphatic carbocycles. The number of hydrogen-bond acceptors (Lipinski definition) is 3. The maximum atomic E-state index is 12.5. The van der Waals surface area contributed by atoms with Crippen molar-refractivity contribution in [1.82, 2.24) is 4.31 Å². The molecule has 1 N–H and O–H groups in total. The van der Waals surface area contributed by atoms with Crippen molar-refractivity contribution in [1.29, 1.82) is 0 Å². The summed E-state index contributed by atoms with van der Waals surface area (Å²) in [6.07, 6.45) is 1.84. The van der Waals surface area contributed by atoms with Crippen LogP contribution in [0.1, 0.15) is 24.0 Å². The Labute approximate surface area is 114 Å². The molecule has 1 aliphatic rings. The molecule has 0 saturated carbocycles. The number of aliphatic hydroxyl groups is 1. The van der Waals surface area contributed by atoms with Gasteiger partial charge < -0.3 is 5.11 Å². The third-order valence-electron chi connectivity index (χ3n) is 3.18. The first-order valence-corrected chi connectivity index (χ1v) is 7.70. The number of sulfonamides is 1. The molecule has 1 saturated heterocycles. The summed E-state index contributed by atoms with van der Waals surface area (Å²) < 4.78 is 26.5. The Kier molecular flexibility index (Phi) is 4.25. The number of nitrogens with zero attached hydrogens (tertiary/aromatic N) is 1. The standard InChI is InChI=1S/C14H17NO3S/c1-12-6-7-13(5-4-10-16)11-14(12)19(17,18)15-8-2-3-9-15/h6-7,11,16H,2-3,8-10H2,1H3. The van der Waals surface area contributed by atoms with E-state index in [4.69, 9.17) is 5.11 Å². The van der Waals surface area contributed by atoms with Gasteiger partial charge in [-0.2, -0.15) is 4.31 Å². The Morgan fingerprint density at radius 3 is 2.63 bits per heavy atom. The number of aryl methyl sites for hydroxylation is 1. The zero-order chi connectivity index (χ0) is 13.9. The molecule has 19 heavy (non-hydrogen) atoms. The van der Waals surface area contributed by atoms with Crippen molar-refractivity contribution in [3.63, 3.8) is 0 Å². The van der Waals surface area contributed by atoms with Gasteiger partial charge >= 0.3 is 0 Å². The van der Waals surface area contributed by atoms with Crippen LogP contribution in [0, 0.1) is 18.8 Å². The van der Waals surface area contributed by atoms with Crippen molar-refractivity contribution in [3.05, 3.63) is 29.3 Å². The summed E-state index contributed by atoms with van der Waals surface area (Å²) >= 11 is 0. The average Bonchev–Trinajstić information content (AvgIpc) is 2.92. The molecule has 0 aromatic heterocycles. The van der Waals surface area contributed by atoms with Gasteiger partial charge in [-0.05, 0) is 37.5 Å². The maximum absolute atomic E-state index is 12.5. The summed E-state index contributed by atoms with van der Waals surface area (Å²) in [5, 5.41) is 8.68. The summed E-state index contributed by atoms with van der Waals surface area (Å²) in [5.41, 5.74) is 1.33. The molecule has 1 aromatic carbocycles. The van der Waals surface area contributed by atoms with Gasteiger partial charge in [-0.15, -0.1) is 0 Å². The molecule has 102 valence electrons. The van der Waals surface area contributed by atoms with E-state index in [1.165, 1.54) is 4.31 Å². The molecule has 0 radical (unpaired) electrons. The molecule has 2 rings (SSSR count). The van der Waals surface area contributed by atoms with Gasteiger partial charge in [0.05, 0.1) is 4.90 Å². The lowest BCUT2D eigenvalue weighted by Crippen LogP contribution is -2.28. The van der Waals surface area contributed by atoms with Crippen LogP contribution in [0.2, 0.25) is 0 Å². The highest BCUT2D eigenvalue weighted by atomic mass is 32.2. The fourth-order valence-electron chi connectivity index (χ4n) is 2.16. The molecule has 1 aliphatic heterocycles. The third kappa shape index (κ3) is 2.98. The first-order chi connectivity index (χ1) is 9.05. The van der Waals surface area contributed by atoms with E-state index in [0.29, 0.717) is 23.5 Å². The van der Waals surface area contributed by atoms with E-state index >= 15 is 0 Å². The van der Waals surface area contributed by atoms with E-state index in [1.807, 2.05) is 0 Å². The van der Waals surface area contributed by atoms with Crippen molar-refractivity contribution in [2.24, 2.45) is 0 Å². The lowest BCUT2D eigenvalue weighted by atomic mass is 10.1. The van der Waals surface area contributed by atoms with Crippen LogP contribution in [-0.2, 0) is 10.0 Å². The van der Waals surface area contributed by atoms with Gasteiger partial charge in [-0.3, -0.25) is 0 Å². The number of rotatable bonds is 2. The molecular formula is C14H17NO3S. The molecule has 0 bridgehead atoms. The van der Waals surface area contributed by atoms with Crippen molar-refractivity contribution in [2.75, 3.05) is 19.7 Å². The molecule has 1 heterocycles. The van der Waals surface area contributed by atoms with Gasteiger partial charge in [0.1, 0.15) is 6.61 Å². The fraction of sp³-hybridized carbons (Fsp3) is 0.429. The van der Waals surface area contributed by atoms with Crippen molar-refractivity contribution < 1.29 is 13.5 Å². The zero-order valence-corrected chi connectivity index (χ0v) is 11.7. The second-order valence-electron chi connectivity index (χ2n) is 4.55. The Balaban J connectivity index is 2.43. The number of hydrogen-bond donors (Lipinski definition) is 1. The van der Waals surface area contributed by atoms with Crippen LogP contribution in [0.3, 0.4) is 0 Å². The smallest absolute Gasteiger partial charge is 0.243 e. The molecule has 0 unspecified atom stereocenters. The fourth-order valence-corrected chi connectivity index (χ4v) is 3.93. The van der Waals surface area contributed by atoms with E-state index in [1.54, 1.807) is 25.1 Å². The van der Waals surface area contributed by atoms with Gasteiger partial charge in [-0.1, -0.05) is 17.9 Å². The minimum atomic E-state index is -3.41. The molecule has 0 atom stereocenters. The second-order valence-corrected chi connectivity index (χ2v) is 6.46. The van der Waals surface area contributed by atoms with Crippen molar-refractivity contribution >= 4 is 10.0 Å². The van der Waals surface area contributed by atoms with Crippen LogP contribution in [0.5, 0.6) is 0 Å². The molecule has 0 amide bonds. The minimum absolute atomic E-state index is 0.234. The van der Waals surface area contributed by atoms with Gasteiger partial charge in [0.25, 0.3) is 0 Å². The predicted octanol–water partition coefficient (Wildman–Crippen LogP) is 1.12. The van der Waals surface area contributed by atoms with Gasteiger partial charge in [0.15, 0.2) is 0 Å². The van der Waals surface area contributed by atoms with Crippen LogP contribution in [-0.4, -0.2) is 37.5 Å². The van der Waals surface area contributed by atoms with E-state index in [-0.39, 0.29) is 6.61 Å². The molecule has 5 heteroatoms. The highest BCUT2D eigenvalue weighted by Crippen LogP contribution is 2.24. The topological polar surface area (TPSA) is 57.6 Å². The van der Waals surface area contributed by atoms with E-state index in [2.05, 4.69) is 11.8 Å². The van der Waals surface area contributed by atoms with Crippen molar-refractivity contribution in [3.8, 4) is 11.8 Å². The Morgan fingerprint density at radius 1 is 1.32 bits per heavy atom. The lowest BCUT2D eigenvalue weighted by molar-refractivity contribution is 0.350. The SMILES string of the molecule is Cc1ccc(C#CCO)cc1S(=O)(=O)N1CCCC1. The van der Waals surface area contributed by atoms with Crippen LogP contribution in [0.4, 0.5) is 0 Å². The Bertz CT molecular complexity index is 620. The summed E-state index contributed by atoms with van der Waals surface area (Å²) in [6, 6.07) is 5.11. The van der Waals surface area contributed by atoms with Crippen LogP contribution >= 0.6 is 0 Å². The van der Waals surface area contributed by atoms with Crippen LogP contribution < -0.4 is 0 Å². The lowest BCUT2D eigenvalue weighted by Gasteiger charge is -2.17. The van der Waals surface area contributed by atoms with Crippen molar-refractivity contribution in [2.45, 2.75) is 24.7 Å². The number of benzene rings is 1. The largest absolute Gasteiger partial charge is 0.384 e. The van der Waals surface area contributed by atoms with Gasteiger partial charge in [0.2, 0.25) is 10.0 Å². The van der Waals surface area contributed by atoms with E-state index in [9.17, 15) is 8.42 Å². The van der Waals surface area contributed by atoms with Gasteiger partial charge in [-0.25, -0.2) is 8.42 Å². The molecule has 1 fully saturated rings. The minimum Gasteiger partial charge on any atom is -0.384 e. The summed E-state index contributed by atoms with van der Waals surface area (Å²) in [6.45, 7) is 2.73. The maximum Gasteiger partial charge on any atom is 0.243 e. The van der Waals surface area contributed by atoms with Gasteiger partial charge in [0, 0.05) is 18.7 Å². The zero-order valence-electron chi connectivity index (χ0n) is 10.9. The summed E-state index contributed by atoms with van der Waals surface area (Å²) in [7, 11) is -3.41. The van der Waals surface area contributed by atoms with E-state index in [0.717, 1.165) is 18.4 Å². The van der Waals surface area contributed by atoms with Crippen LogP contribution in [0.15, 0.2) is 23.1 Å². The normalized spacial score (nSPS) is 16.1. The molecular weight excluding hydrogens is 262 g/mol. The molecule has 4 nitrogen and oxygen atoms in total. The average molecular weight is 279 g/mol. The number of aliphatic hydroxyl groups excluding tert-OH is 1. The molecule has 1 aromatic rings. The Hall–Kier alpha value is -1.35.